The zero-order valence-corrected chi connectivity index (χ0v) is 7.66. The van der Waals surface area contributed by atoms with E-state index in [1.807, 2.05) is 6.92 Å². The lowest BCUT2D eigenvalue weighted by atomic mass is 9.90. The molecule has 2 rings (SSSR count). The number of ether oxygens (including phenoxy) is 1. The van der Waals surface area contributed by atoms with Crippen LogP contribution in [-0.2, 0) is 4.74 Å². The van der Waals surface area contributed by atoms with Gasteiger partial charge in [0.05, 0.1) is 12.7 Å². The van der Waals surface area contributed by atoms with Gasteiger partial charge in [0.2, 0.25) is 0 Å². The third-order valence-electron chi connectivity index (χ3n) is 3.23. The molecule has 0 N–H and O–H groups in total. The molecule has 0 amide bonds. The van der Waals surface area contributed by atoms with Crippen molar-refractivity contribution in [3.8, 4) is 0 Å². The lowest BCUT2D eigenvalue weighted by Gasteiger charge is -2.37. The van der Waals surface area contributed by atoms with E-state index in [4.69, 9.17) is 4.74 Å². The van der Waals surface area contributed by atoms with Gasteiger partial charge in [-0.1, -0.05) is 0 Å². The van der Waals surface area contributed by atoms with Crippen molar-refractivity contribution in [2.24, 2.45) is 5.92 Å². The number of halogens is 1. The molecule has 0 bridgehead atoms. The fraction of sp³-hybridized carbons (Fsp3) is 1.00. The Morgan fingerprint density at radius 2 is 2.25 bits per heavy atom. The van der Waals surface area contributed by atoms with Crippen LogP contribution in [0.2, 0.25) is 0 Å². The predicted molar refractivity (Wildman–Crippen MR) is 44.8 cm³/mol. The van der Waals surface area contributed by atoms with Crippen molar-refractivity contribution in [3.05, 3.63) is 0 Å². The number of likely N-dealkylation sites (N-methyl/N-ethyl adjacent to an activating group) is 1. The zero-order chi connectivity index (χ0) is 8.72. The summed E-state index contributed by atoms with van der Waals surface area (Å²) in [6.07, 6.45) is 0.460. The van der Waals surface area contributed by atoms with Gasteiger partial charge in [0.25, 0.3) is 0 Å². The summed E-state index contributed by atoms with van der Waals surface area (Å²) in [6.45, 7) is 3.37. The number of hydrogen-bond donors (Lipinski definition) is 0. The second-order valence-corrected chi connectivity index (χ2v) is 3.98. The highest BCUT2D eigenvalue weighted by Crippen LogP contribution is 2.34. The van der Waals surface area contributed by atoms with Gasteiger partial charge in [0, 0.05) is 12.0 Å². The summed E-state index contributed by atoms with van der Waals surface area (Å²) >= 11 is 0. The predicted octanol–water partition coefficient (Wildman–Crippen LogP) is 1.06. The molecule has 2 unspecified atom stereocenters. The molecule has 2 heterocycles. The molecule has 2 saturated heterocycles. The molecule has 0 radical (unpaired) electrons. The lowest BCUT2D eigenvalue weighted by Crippen LogP contribution is -2.48. The summed E-state index contributed by atoms with van der Waals surface area (Å²) < 4.78 is 18.7. The number of hydrogen-bond acceptors (Lipinski definition) is 2. The standard InChI is InChI=1S/C9H16FNO/c1-6-9-7(3-4-11(9)2)8(10)5-12-6/h6-9H,3-5H2,1-2H3/t6-,7?,8?,9+/m0/s1. The largest absolute Gasteiger partial charge is 0.374 e. The van der Waals surface area contributed by atoms with E-state index in [-0.39, 0.29) is 12.0 Å². The quantitative estimate of drug-likeness (QED) is 0.543. The number of rotatable bonds is 0. The topological polar surface area (TPSA) is 12.5 Å². The Bertz CT molecular complexity index is 176. The van der Waals surface area contributed by atoms with E-state index in [1.165, 1.54) is 0 Å². The first-order chi connectivity index (χ1) is 5.70. The van der Waals surface area contributed by atoms with Crippen LogP contribution < -0.4 is 0 Å². The molecule has 2 nitrogen and oxygen atoms in total. The molecule has 0 saturated carbocycles. The Labute approximate surface area is 72.7 Å². The first-order valence-corrected chi connectivity index (χ1v) is 4.66. The Morgan fingerprint density at radius 3 is 2.92 bits per heavy atom. The van der Waals surface area contributed by atoms with E-state index >= 15 is 0 Å². The minimum absolute atomic E-state index is 0.203. The van der Waals surface area contributed by atoms with Gasteiger partial charge in [-0.2, -0.15) is 0 Å². The van der Waals surface area contributed by atoms with Gasteiger partial charge in [-0.05, 0) is 26.9 Å². The van der Waals surface area contributed by atoms with Crippen molar-refractivity contribution in [1.29, 1.82) is 0 Å². The van der Waals surface area contributed by atoms with Gasteiger partial charge < -0.3 is 9.64 Å². The maximum Gasteiger partial charge on any atom is 0.128 e. The summed E-state index contributed by atoms with van der Waals surface area (Å²) in [5.41, 5.74) is 0. The summed E-state index contributed by atoms with van der Waals surface area (Å²) in [6, 6.07) is 0.314. The number of fused-ring (bicyclic) bond motifs is 1. The SMILES string of the molecule is C[C@@H]1OCC(F)C2CCN(C)[C@@H]21. The van der Waals surface area contributed by atoms with Gasteiger partial charge in [-0.25, -0.2) is 4.39 Å². The van der Waals surface area contributed by atoms with Crippen molar-refractivity contribution in [2.45, 2.75) is 31.7 Å². The molecular weight excluding hydrogens is 157 g/mol. The van der Waals surface area contributed by atoms with Gasteiger partial charge in [0.1, 0.15) is 6.17 Å². The number of alkyl halides is 1. The average Bonchev–Trinajstić information content (AvgIpc) is 2.42. The Hall–Kier alpha value is -0.150. The van der Waals surface area contributed by atoms with Crippen LogP contribution in [0.1, 0.15) is 13.3 Å². The van der Waals surface area contributed by atoms with Gasteiger partial charge in [-0.3, -0.25) is 0 Å². The van der Waals surface area contributed by atoms with Crippen LogP contribution in [0.15, 0.2) is 0 Å². The molecule has 4 atom stereocenters. The van der Waals surface area contributed by atoms with Crippen LogP contribution >= 0.6 is 0 Å². The molecule has 2 aliphatic heterocycles. The van der Waals surface area contributed by atoms with Crippen LogP contribution in [0.4, 0.5) is 4.39 Å². The molecule has 0 aliphatic carbocycles. The lowest BCUT2D eigenvalue weighted by molar-refractivity contribution is -0.0806. The molecule has 3 heteroatoms. The third kappa shape index (κ3) is 1.15. The van der Waals surface area contributed by atoms with E-state index in [1.54, 1.807) is 0 Å². The summed E-state index contributed by atoms with van der Waals surface area (Å²) in [5.74, 6) is 0.221. The molecule has 0 aromatic rings. The normalized spacial score (nSPS) is 49.2. The molecule has 2 fully saturated rings. The van der Waals surface area contributed by atoms with E-state index in [0.29, 0.717) is 12.6 Å². The smallest absolute Gasteiger partial charge is 0.128 e. The molecular formula is C9H16FNO. The van der Waals surface area contributed by atoms with Crippen molar-refractivity contribution >= 4 is 0 Å². The van der Waals surface area contributed by atoms with Crippen LogP contribution in [0, 0.1) is 5.92 Å². The number of nitrogens with zero attached hydrogens (tertiary/aromatic N) is 1. The highest BCUT2D eigenvalue weighted by molar-refractivity contribution is 4.95. The van der Waals surface area contributed by atoms with E-state index in [9.17, 15) is 4.39 Å². The maximum absolute atomic E-state index is 13.3. The molecule has 70 valence electrons. The maximum atomic E-state index is 13.3. The average molecular weight is 173 g/mol. The van der Waals surface area contributed by atoms with Gasteiger partial charge in [0.15, 0.2) is 0 Å². The van der Waals surface area contributed by atoms with Crippen LogP contribution in [0.25, 0.3) is 0 Å². The molecule has 0 aromatic carbocycles. The number of likely N-dealkylation sites (tertiary alicyclic amines) is 1. The van der Waals surface area contributed by atoms with E-state index < -0.39 is 6.17 Å². The Balaban J connectivity index is 2.13. The Morgan fingerprint density at radius 1 is 1.50 bits per heavy atom. The first kappa shape index (κ1) is 8.45. The van der Waals surface area contributed by atoms with Crippen molar-refractivity contribution in [3.63, 3.8) is 0 Å². The minimum Gasteiger partial charge on any atom is -0.374 e. The van der Waals surface area contributed by atoms with Crippen LogP contribution in [0.3, 0.4) is 0 Å². The van der Waals surface area contributed by atoms with Gasteiger partial charge >= 0.3 is 0 Å². The van der Waals surface area contributed by atoms with E-state index in [2.05, 4.69) is 11.9 Å². The molecule has 2 aliphatic rings. The minimum atomic E-state index is -0.740. The zero-order valence-electron chi connectivity index (χ0n) is 7.66. The summed E-state index contributed by atoms with van der Waals surface area (Å²) in [5, 5.41) is 0. The summed E-state index contributed by atoms with van der Waals surface area (Å²) in [4.78, 5) is 2.22. The second kappa shape index (κ2) is 2.96. The van der Waals surface area contributed by atoms with Crippen LogP contribution in [-0.4, -0.2) is 43.4 Å². The van der Waals surface area contributed by atoms with Crippen molar-refractivity contribution < 1.29 is 9.13 Å². The monoisotopic (exact) mass is 173 g/mol. The molecule has 0 aromatic heterocycles. The molecule has 12 heavy (non-hydrogen) atoms. The Kier molecular flexibility index (Phi) is 2.09. The fourth-order valence-corrected chi connectivity index (χ4v) is 2.57. The molecule has 0 spiro atoms. The highest BCUT2D eigenvalue weighted by atomic mass is 19.1. The second-order valence-electron chi connectivity index (χ2n) is 3.98. The fourth-order valence-electron chi connectivity index (χ4n) is 2.57. The van der Waals surface area contributed by atoms with Crippen LogP contribution in [0.5, 0.6) is 0 Å². The summed E-state index contributed by atoms with van der Waals surface area (Å²) in [7, 11) is 2.06. The first-order valence-electron chi connectivity index (χ1n) is 4.66. The third-order valence-corrected chi connectivity index (χ3v) is 3.23. The van der Waals surface area contributed by atoms with Gasteiger partial charge in [-0.15, -0.1) is 0 Å². The van der Waals surface area contributed by atoms with Crippen molar-refractivity contribution in [1.82, 2.24) is 4.90 Å². The highest BCUT2D eigenvalue weighted by Gasteiger charge is 2.44. The van der Waals surface area contributed by atoms with Crippen molar-refractivity contribution in [2.75, 3.05) is 20.2 Å². The van der Waals surface area contributed by atoms with E-state index in [0.717, 1.165) is 13.0 Å².